The van der Waals surface area contributed by atoms with Crippen LogP contribution in [0.3, 0.4) is 0 Å². The average molecular weight is 295 g/mol. The Morgan fingerprint density at radius 2 is 1.90 bits per heavy atom. The van der Waals surface area contributed by atoms with Crippen molar-refractivity contribution < 1.29 is 9.21 Å². The van der Waals surface area contributed by atoms with E-state index in [-0.39, 0.29) is 18.3 Å². The van der Waals surface area contributed by atoms with Crippen LogP contribution in [0, 0.1) is 0 Å². The summed E-state index contributed by atoms with van der Waals surface area (Å²) in [6.07, 6.45) is 1.57. The Labute approximate surface area is 124 Å². The number of halogens is 1. The third kappa shape index (κ3) is 2.67. The Balaban J connectivity index is 0.00000147. The molecule has 2 unspecified atom stereocenters. The molecule has 0 radical (unpaired) electrons. The van der Waals surface area contributed by atoms with E-state index in [0.717, 1.165) is 24.1 Å². The summed E-state index contributed by atoms with van der Waals surface area (Å²) >= 11 is 0. The van der Waals surface area contributed by atoms with Crippen molar-refractivity contribution in [3.05, 3.63) is 36.1 Å². The van der Waals surface area contributed by atoms with E-state index in [9.17, 15) is 4.79 Å². The molecule has 0 aliphatic carbocycles. The quantitative estimate of drug-likeness (QED) is 0.879. The third-order valence-electron chi connectivity index (χ3n) is 3.56. The number of piperazine rings is 1. The van der Waals surface area contributed by atoms with Gasteiger partial charge in [0.2, 0.25) is 0 Å². The van der Waals surface area contributed by atoms with Crippen molar-refractivity contribution in [1.29, 1.82) is 0 Å². The smallest absolute Gasteiger partial charge is 0.257 e. The molecule has 1 saturated heterocycles. The molecular formula is C15H19ClN2O2. The monoisotopic (exact) mass is 294 g/mol. The van der Waals surface area contributed by atoms with E-state index < -0.39 is 0 Å². The fourth-order valence-electron chi connectivity index (χ4n) is 2.81. The number of rotatable bonds is 1. The van der Waals surface area contributed by atoms with Gasteiger partial charge in [0.1, 0.15) is 11.8 Å². The van der Waals surface area contributed by atoms with Gasteiger partial charge < -0.3 is 14.6 Å². The summed E-state index contributed by atoms with van der Waals surface area (Å²) in [6, 6.07) is 8.31. The Kier molecular flexibility index (Phi) is 4.35. The normalized spacial score (nSPS) is 22.6. The standard InChI is InChI=1S/C15H18N2O2.ClH/c1-10-7-17(8-11(2)16-10)15(18)13-9-19-14-6-4-3-5-12(13)14;/h3-6,9-11,16H,7-8H2,1-2H3;1H. The molecule has 1 aromatic heterocycles. The molecule has 0 bridgehead atoms. The van der Waals surface area contributed by atoms with Gasteiger partial charge in [0.25, 0.3) is 5.91 Å². The number of nitrogens with one attached hydrogen (secondary N) is 1. The fourth-order valence-corrected chi connectivity index (χ4v) is 2.81. The number of furan rings is 1. The minimum atomic E-state index is 0. The first kappa shape index (κ1) is 14.9. The van der Waals surface area contributed by atoms with Crippen LogP contribution in [0.25, 0.3) is 11.0 Å². The molecule has 1 amide bonds. The molecule has 5 heteroatoms. The van der Waals surface area contributed by atoms with Gasteiger partial charge in [-0.1, -0.05) is 18.2 Å². The summed E-state index contributed by atoms with van der Waals surface area (Å²) in [4.78, 5) is 14.5. The second-order valence-corrected chi connectivity index (χ2v) is 5.32. The van der Waals surface area contributed by atoms with Crippen LogP contribution in [-0.2, 0) is 0 Å². The number of carbonyl (C=O) groups is 1. The van der Waals surface area contributed by atoms with Gasteiger partial charge >= 0.3 is 0 Å². The van der Waals surface area contributed by atoms with E-state index in [4.69, 9.17) is 4.42 Å². The highest BCUT2D eigenvalue weighted by molar-refractivity contribution is 6.05. The van der Waals surface area contributed by atoms with Crippen LogP contribution in [0.5, 0.6) is 0 Å². The highest BCUT2D eigenvalue weighted by atomic mass is 35.5. The van der Waals surface area contributed by atoms with Crippen molar-refractivity contribution in [2.45, 2.75) is 25.9 Å². The Bertz CT molecular complexity index is 601. The highest BCUT2D eigenvalue weighted by Gasteiger charge is 2.27. The first-order chi connectivity index (χ1) is 9.15. The third-order valence-corrected chi connectivity index (χ3v) is 3.56. The van der Waals surface area contributed by atoms with Crippen LogP contribution in [0.15, 0.2) is 34.9 Å². The summed E-state index contributed by atoms with van der Waals surface area (Å²) in [6.45, 7) is 5.68. The molecule has 2 heterocycles. The van der Waals surface area contributed by atoms with Crippen LogP contribution in [0.2, 0.25) is 0 Å². The lowest BCUT2D eigenvalue weighted by atomic mass is 10.1. The Hall–Kier alpha value is -1.52. The van der Waals surface area contributed by atoms with Crippen molar-refractivity contribution in [2.24, 2.45) is 0 Å². The fraction of sp³-hybridized carbons (Fsp3) is 0.400. The van der Waals surface area contributed by atoms with Crippen molar-refractivity contribution in [1.82, 2.24) is 10.2 Å². The molecule has 1 fully saturated rings. The van der Waals surface area contributed by atoms with E-state index in [1.165, 1.54) is 0 Å². The van der Waals surface area contributed by atoms with Gasteiger partial charge in [0.15, 0.2) is 0 Å². The molecule has 3 rings (SSSR count). The zero-order valence-corrected chi connectivity index (χ0v) is 12.4. The van der Waals surface area contributed by atoms with Gasteiger partial charge in [-0.3, -0.25) is 4.79 Å². The summed E-state index contributed by atoms with van der Waals surface area (Å²) in [7, 11) is 0. The predicted molar refractivity (Wildman–Crippen MR) is 81.4 cm³/mol. The zero-order valence-electron chi connectivity index (χ0n) is 11.6. The maximum atomic E-state index is 12.6. The maximum absolute atomic E-state index is 12.6. The van der Waals surface area contributed by atoms with Crippen LogP contribution in [0.1, 0.15) is 24.2 Å². The lowest BCUT2D eigenvalue weighted by Crippen LogP contribution is -2.55. The number of carbonyl (C=O) groups excluding carboxylic acids is 1. The van der Waals surface area contributed by atoms with Crippen LogP contribution >= 0.6 is 12.4 Å². The molecule has 4 nitrogen and oxygen atoms in total. The Morgan fingerprint density at radius 3 is 2.60 bits per heavy atom. The Morgan fingerprint density at radius 1 is 1.25 bits per heavy atom. The number of amides is 1. The predicted octanol–water partition coefficient (Wildman–Crippen LogP) is 2.68. The number of hydrogen-bond acceptors (Lipinski definition) is 3. The summed E-state index contributed by atoms with van der Waals surface area (Å²) in [5, 5.41) is 4.32. The van der Waals surface area contributed by atoms with E-state index in [1.807, 2.05) is 29.2 Å². The van der Waals surface area contributed by atoms with Gasteiger partial charge in [-0.15, -0.1) is 12.4 Å². The first-order valence-electron chi connectivity index (χ1n) is 6.66. The molecule has 2 aromatic rings. The van der Waals surface area contributed by atoms with Gasteiger partial charge in [0, 0.05) is 30.6 Å². The second kappa shape index (κ2) is 5.85. The number of hydrogen-bond donors (Lipinski definition) is 1. The van der Waals surface area contributed by atoms with Crippen LogP contribution in [0.4, 0.5) is 0 Å². The van der Waals surface area contributed by atoms with Gasteiger partial charge in [-0.2, -0.15) is 0 Å². The number of benzene rings is 1. The van der Waals surface area contributed by atoms with Crippen molar-refractivity contribution in [2.75, 3.05) is 13.1 Å². The minimum absolute atomic E-state index is 0. The zero-order chi connectivity index (χ0) is 13.4. The molecule has 1 aromatic carbocycles. The number of nitrogens with zero attached hydrogens (tertiary/aromatic N) is 1. The van der Waals surface area contributed by atoms with E-state index in [1.54, 1.807) is 6.26 Å². The van der Waals surface area contributed by atoms with E-state index >= 15 is 0 Å². The molecule has 1 aliphatic rings. The SMILES string of the molecule is CC1CN(C(=O)c2coc3ccccc23)CC(C)N1.Cl. The summed E-state index contributed by atoms with van der Waals surface area (Å²) in [5.74, 6) is 0.0603. The lowest BCUT2D eigenvalue weighted by molar-refractivity contribution is 0.0675. The number of para-hydroxylation sites is 1. The molecule has 0 spiro atoms. The van der Waals surface area contributed by atoms with Gasteiger partial charge in [-0.05, 0) is 19.9 Å². The maximum Gasteiger partial charge on any atom is 0.257 e. The van der Waals surface area contributed by atoms with Crippen molar-refractivity contribution in [3.63, 3.8) is 0 Å². The van der Waals surface area contributed by atoms with Crippen molar-refractivity contribution >= 4 is 29.3 Å². The number of fused-ring (bicyclic) bond motifs is 1. The summed E-state index contributed by atoms with van der Waals surface area (Å²) < 4.78 is 5.45. The molecule has 2 atom stereocenters. The van der Waals surface area contributed by atoms with Crippen LogP contribution < -0.4 is 5.32 Å². The molecule has 1 aliphatic heterocycles. The topological polar surface area (TPSA) is 45.5 Å². The largest absolute Gasteiger partial charge is 0.463 e. The van der Waals surface area contributed by atoms with Gasteiger partial charge in [0.05, 0.1) is 5.56 Å². The van der Waals surface area contributed by atoms with Crippen molar-refractivity contribution in [3.8, 4) is 0 Å². The molecule has 1 N–H and O–H groups in total. The highest BCUT2D eigenvalue weighted by Crippen LogP contribution is 2.22. The minimum Gasteiger partial charge on any atom is -0.463 e. The van der Waals surface area contributed by atoms with E-state index in [0.29, 0.717) is 17.6 Å². The van der Waals surface area contributed by atoms with Crippen LogP contribution in [-0.4, -0.2) is 36.0 Å². The van der Waals surface area contributed by atoms with Gasteiger partial charge in [-0.25, -0.2) is 0 Å². The average Bonchev–Trinajstić information content (AvgIpc) is 2.80. The van der Waals surface area contributed by atoms with E-state index in [2.05, 4.69) is 19.2 Å². The molecule has 108 valence electrons. The molecule has 0 saturated carbocycles. The first-order valence-corrected chi connectivity index (χ1v) is 6.66. The summed E-state index contributed by atoms with van der Waals surface area (Å²) in [5.41, 5.74) is 1.43. The lowest BCUT2D eigenvalue weighted by Gasteiger charge is -2.36. The second-order valence-electron chi connectivity index (χ2n) is 5.32. The molecule has 20 heavy (non-hydrogen) atoms. The molecular weight excluding hydrogens is 276 g/mol.